The lowest BCUT2D eigenvalue weighted by Gasteiger charge is -2.33. The molecule has 0 aliphatic carbocycles. The number of carbonyl (C=O) groups is 1. The molecule has 0 spiro atoms. The zero-order chi connectivity index (χ0) is 22.9. The molecule has 5 rings (SSSR count). The molecule has 1 amide bonds. The summed E-state index contributed by atoms with van der Waals surface area (Å²) in [5, 5.41) is 9.27. The van der Waals surface area contributed by atoms with E-state index in [0.717, 1.165) is 53.0 Å². The Kier molecular flexibility index (Phi) is 6.00. The first-order valence-electron chi connectivity index (χ1n) is 11.5. The maximum atomic E-state index is 13.3. The average Bonchev–Trinajstić information content (AvgIpc) is 3.23. The number of hydrogen-bond donors (Lipinski definition) is 1. The standard InChI is InChI=1S/C26H28N4O2S/c1-17-24-23(21-10-6-7-11-22(21)33-24)26(32)30(28-17)18(2)25(31)27-20-12-14-29(15-13-20)16-19-8-4-3-5-9-19/h3-11,18,20H,12-16H2,1-2H3,(H,27,31)/t18-/m0/s1. The van der Waals surface area contributed by atoms with Gasteiger partial charge in [0.25, 0.3) is 5.56 Å². The second-order valence-electron chi connectivity index (χ2n) is 8.86. The molecule has 1 aliphatic rings. The van der Waals surface area contributed by atoms with Crippen molar-refractivity contribution in [2.45, 2.75) is 45.3 Å². The molecule has 4 aromatic rings. The van der Waals surface area contributed by atoms with Crippen molar-refractivity contribution in [2.75, 3.05) is 13.1 Å². The highest BCUT2D eigenvalue weighted by atomic mass is 32.1. The van der Waals surface area contributed by atoms with Gasteiger partial charge in [-0.15, -0.1) is 11.3 Å². The van der Waals surface area contributed by atoms with Crippen molar-refractivity contribution in [3.8, 4) is 0 Å². The molecule has 33 heavy (non-hydrogen) atoms. The molecule has 0 unspecified atom stereocenters. The summed E-state index contributed by atoms with van der Waals surface area (Å²) in [6.07, 6.45) is 1.81. The molecule has 0 radical (unpaired) electrons. The molecule has 1 aliphatic heterocycles. The van der Waals surface area contributed by atoms with Crippen LogP contribution in [0.5, 0.6) is 0 Å². The quantitative estimate of drug-likeness (QED) is 0.483. The van der Waals surface area contributed by atoms with E-state index < -0.39 is 6.04 Å². The lowest BCUT2D eigenvalue weighted by Crippen LogP contribution is -2.47. The molecule has 2 aromatic heterocycles. The monoisotopic (exact) mass is 460 g/mol. The Labute approximate surface area is 196 Å². The summed E-state index contributed by atoms with van der Waals surface area (Å²) < 4.78 is 3.32. The van der Waals surface area contributed by atoms with Gasteiger partial charge in [-0.3, -0.25) is 14.5 Å². The van der Waals surface area contributed by atoms with Crippen LogP contribution in [0.2, 0.25) is 0 Å². The molecular formula is C26H28N4O2S. The van der Waals surface area contributed by atoms with Crippen molar-refractivity contribution in [1.82, 2.24) is 20.0 Å². The average molecular weight is 461 g/mol. The predicted molar refractivity (Wildman–Crippen MR) is 134 cm³/mol. The van der Waals surface area contributed by atoms with Gasteiger partial charge in [-0.05, 0) is 38.3 Å². The van der Waals surface area contributed by atoms with Crippen LogP contribution in [-0.4, -0.2) is 39.7 Å². The van der Waals surface area contributed by atoms with Gasteiger partial charge >= 0.3 is 0 Å². The number of amides is 1. The van der Waals surface area contributed by atoms with Crippen LogP contribution < -0.4 is 10.9 Å². The first-order valence-corrected chi connectivity index (χ1v) is 12.3. The molecule has 1 fully saturated rings. The van der Waals surface area contributed by atoms with Gasteiger partial charge in [0.2, 0.25) is 5.91 Å². The highest BCUT2D eigenvalue weighted by Crippen LogP contribution is 2.32. The van der Waals surface area contributed by atoms with Crippen LogP contribution in [0, 0.1) is 6.92 Å². The Morgan fingerprint density at radius 3 is 2.58 bits per heavy atom. The molecule has 1 atom stereocenters. The van der Waals surface area contributed by atoms with Crippen molar-refractivity contribution >= 4 is 37.4 Å². The number of hydrogen-bond acceptors (Lipinski definition) is 5. The van der Waals surface area contributed by atoms with Gasteiger partial charge in [-0.25, -0.2) is 4.68 Å². The third kappa shape index (κ3) is 4.30. The van der Waals surface area contributed by atoms with Crippen molar-refractivity contribution in [3.05, 3.63) is 76.2 Å². The zero-order valence-electron chi connectivity index (χ0n) is 19.0. The van der Waals surface area contributed by atoms with Crippen LogP contribution in [0.15, 0.2) is 59.4 Å². The van der Waals surface area contributed by atoms with Gasteiger partial charge in [0, 0.05) is 35.8 Å². The van der Waals surface area contributed by atoms with Gasteiger partial charge in [0.1, 0.15) is 6.04 Å². The molecule has 0 saturated carbocycles. The van der Waals surface area contributed by atoms with Gasteiger partial charge in [0.15, 0.2) is 0 Å². The number of carbonyl (C=O) groups excluding carboxylic acids is 1. The second-order valence-corrected chi connectivity index (χ2v) is 9.91. The van der Waals surface area contributed by atoms with Crippen LogP contribution in [0.1, 0.15) is 37.1 Å². The third-order valence-electron chi connectivity index (χ3n) is 6.53. The Morgan fingerprint density at radius 1 is 1.12 bits per heavy atom. The Hall–Kier alpha value is -3.03. The number of nitrogens with one attached hydrogen (secondary N) is 1. The first-order chi connectivity index (χ1) is 16.0. The number of fused-ring (bicyclic) bond motifs is 3. The van der Waals surface area contributed by atoms with Crippen molar-refractivity contribution in [3.63, 3.8) is 0 Å². The van der Waals surface area contributed by atoms with E-state index in [-0.39, 0.29) is 17.5 Å². The summed E-state index contributed by atoms with van der Waals surface area (Å²) in [5.74, 6) is -0.149. The molecule has 170 valence electrons. The number of thiophene rings is 1. The van der Waals surface area contributed by atoms with E-state index in [4.69, 9.17) is 0 Å². The number of piperidine rings is 1. The van der Waals surface area contributed by atoms with Gasteiger partial charge < -0.3 is 5.32 Å². The maximum absolute atomic E-state index is 13.3. The Balaban J connectivity index is 1.29. The second kappa shape index (κ2) is 9.08. The van der Waals surface area contributed by atoms with E-state index in [9.17, 15) is 9.59 Å². The number of likely N-dealkylation sites (tertiary alicyclic amines) is 1. The molecular weight excluding hydrogens is 432 g/mol. The van der Waals surface area contributed by atoms with Crippen LogP contribution in [0.25, 0.3) is 20.2 Å². The first kappa shape index (κ1) is 21.8. The fourth-order valence-electron chi connectivity index (χ4n) is 4.65. The lowest BCUT2D eigenvalue weighted by molar-refractivity contribution is -0.125. The molecule has 0 bridgehead atoms. The summed E-state index contributed by atoms with van der Waals surface area (Å²) in [4.78, 5) is 28.8. The highest BCUT2D eigenvalue weighted by Gasteiger charge is 2.26. The topological polar surface area (TPSA) is 67.2 Å². The van der Waals surface area contributed by atoms with Gasteiger partial charge in [-0.2, -0.15) is 5.10 Å². The van der Waals surface area contributed by atoms with E-state index in [1.54, 1.807) is 18.3 Å². The van der Waals surface area contributed by atoms with E-state index >= 15 is 0 Å². The number of rotatable bonds is 5. The van der Waals surface area contributed by atoms with Crippen LogP contribution in [0.4, 0.5) is 0 Å². The van der Waals surface area contributed by atoms with Crippen LogP contribution in [-0.2, 0) is 11.3 Å². The lowest BCUT2D eigenvalue weighted by atomic mass is 10.0. The van der Waals surface area contributed by atoms with Gasteiger partial charge in [0.05, 0.1) is 15.8 Å². The van der Waals surface area contributed by atoms with Crippen LogP contribution >= 0.6 is 11.3 Å². The smallest absolute Gasteiger partial charge is 0.276 e. The van der Waals surface area contributed by atoms with Crippen molar-refractivity contribution in [1.29, 1.82) is 0 Å². The molecule has 2 aromatic carbocycles. The molecule has 1 saturated heterocycles. The fraction of sp³-hybridized carbons (Fsp3) is 0.346. The normalized spacial score (nSPS) is 16.3. The minimum atomic E-state index is -0.665. The predicted octanol–water partition coefficient (Wildman–Crippen LogP) is 4.26. The molecule has 7 heteroatoms. The van der Waals surface area contributed by atoms with E-state index in [1.807, 2.05) is 37.3 Å². The summed E-state index contributed by atoms with van der Waals surface area (Å²) in [6.45, 7) is 6.48. The minimum Gasteiger partial charge on any atom is -0.351 e. The molecule has 1 N–H and O–H groups in total. The van der Waals surface area contributed by atoms with E-state index in [0.29, 0.717) is 5.39 Å². The summed E-state index contributed by atoms with van der Waals surface area (Å²) in [7, 11) is 0. The number of aromatic nitrogens is 2. The largest absolute Gasteiger partial charge is 0.351 e. The fourth-order valence-corrected chi connectivity index (χ4v) is 5.79. The zero-order valence-corrected chi connectivity index (χ0v) is 19.8. The summed E-state index contributed by atoms with van der Waals surface area (Å²) >= 11 is 1.58. The Bertz CT molecular complexity index is 1350. The molecule has 3 heterocycles. The highest BCUT2D eigenvalue weighted by molar-refractivity contribution is 7.26. The number of aryl methyl sites for hydroxylation is 1. The molecule has 6 nitrogen and oxygen atoms in total. The van der Waals surface area contributed by atoms with Crippen LogP contribution in [0.3, 0.4) is 0 Å². The van der Waals surface area contributed by atoms with Crippen molar-refractivity contribution < 1.29 is 4.79 Å². The summed E-state index contributed by atoms with van der Waals surface area (Å²) in [6, 6.07) is 17.8. The van der Waals surface area contributed by atoms with Gasteiger partial charge in [-0.1, -0.05) is 48.5 Å². The van der Waals surface area contributed by atoms with E-state index in [2.05, 4.69) is 39.6 Å². The van der Waals surface area contributed by atoms with Crippen molar-refractivity contribution in [2.24, 2.45) is 0 Å². The van der Waals surface area contributed by atoms with E-state index in [1.165, 1.54) is 10.2 Å². The Morgan fingerprint density at radius 2 is 1.82 bits per heavy atom. The number of nitrogens with zero attached hydrogens (tertiary/aromatic N) is 3. The SMILES string of the molecule is Cc1nn([C@@H](C)C(=O)NC2CCN(Cc3ccccc3)CC2)c(=O)c2c1sc1ccccc12. The number of benzene rings is 2. The summed E-state index contributed by atoms with van der Waals surface area (Å²) in [5.41, 5.74) is 1.89. The maximum Gasteiger partial charge on any atom is 0.276 e. The minimum absolute atomic E-state index is 0.120. The third-order valence-corrected chi connectivity index (χ3v) is 7.81.